The number of primary amides is 1. The molecule has 1 aromatic carbocycles. The van der Waals surface area contributed by atoms with E-state index in [2.05, 4.69) is 5.32 Å². The molecule has 0 radical (unpaired) electrons. The number of rotatable bonds is 8. The fourth-order valence-corrected chi connectivity index (χ4v) is 4.99. The molecule has 1 heterocycles. The number of methoxy groups -OCH3 is 2. The van der Waals surface area contributed by atoms with Crippen LogP contribution in [0.15, 0.2) is 18.2 Å². The summed E-state index contributed by atoms with van der Waals surface area (Å²) in [6, 6.07) is 5.69. The lowest BCUT2D eigenvalue weighted by atomic mass is 10.1. The summed E-state index contributed by atoms with van der Waals surface area (Å²) in [5.41, 5.74) is 8.01. The van der Waals surface area contributed by atoms with Gasteiger partial charge in [0, 0.05) is 4.88 Å². The molecule has 1 atom stereocenters. The van der Waals surface area contributed by atoms with E-state index in [-0.39, 0.29) is 12.5 Å². The molecule has 2 amide bonds. The number of quaternary nitrogens is 1. The summed E-state index contributed by atoms with van der Waals surface area (Å²) in [6.07, 6.45) is 2.82. The Morgan fingerprint density at radius 1 is 1.25 bits per heavy atom. The number of fused-ring (bicyclic) bond motifs is 1. The van der Waals surface area contributed by atoms with Crippen LogP contribution in [0.2, 0.25) is 0 Å². The zero-order chi connectivity index (χ0) is 20.3. The molecule has 28 heavy (non-hydrogen) atoms. The highest BCUT2D eigenvalue weighted by Crippen LogP contribution is 2.38. The quantitative estimate of drug-likeness (QED) is 0.612. The molecule has 0 bridgehead atoms. The van der Waals surface area contributed by atoms with Crippen LogP contribution in [0.3, 0.4) is 0 Å². The van der Waals surface area contributed by atoms with E-state index in [9.17, 15) is 9.59 Å². The minimum absolute atomic E-state index is 0.151. The molecule has 0 saturated heterocycles. The van der Waals surface area contributed by atoms with Crippen LogP contribution in [-0.4, -0.2) is 39.6 Å². The van der Waals surface area contributed by atoms with Gasteiger partial charge in [-0.05, 0) is 37.0 Å². The highest BCUT2D eigenvalue weighted by molar-refractivity contribution is 7.17. The van der Waals surface area contributed by atoms with Crippen molar-refractivity contribution in [3.8, 4) is 11.5 Å². The molecule has 8 heteroatoms. The minimum Gasteiger partial charge on any atom is -0.493 e. The molecule has 7 nitrogen and oxygen atoms in total. The van der Waals surface area contributed by atoms with Crippen LogP contribution in [0.25, 0.3) is 0 Å². The summed E-state index contributed by atoms with van der Waals surface area (Å²) in [4.78, 5) is 26.6. The first-order valence-corrected chi connectivity index (χ1v) is 10.0. The number of hydrogen-bond acceptors (Lipinski definition) is 5. The van der Waals surface area contributed by atoms with E-state index < -0.39 is 5.91 Å². The fraction of sp³-hybridized carbons (Fsp3) is 0.400. The van der Waals surface area contributed by atoms with E-state index in [0.717, 1.165) is 40.2 Å². The number of ether oxygens (including phenoxy) is 2. The maximum atomic E-state index is 12.6. The first-order chi connectivity index (χ1) is 13.4. The van der Waals surface area contributed by atoms with Gasteiger partial charge in [0.15, 0.2) is 18.0 Å². The van der Waals surface area contributed by atoms with Gasteiger partial charge in [0.2, 0.25) is 0 Å². The Morgan fingerprint density at radius 3 is 2.71 bits per heavy atom. The van der Waals surface area contributed by atoms with Gasteiger partial charge in [0.25, 0.3) is 11.8 Å². The van der Waals surface area contributed by atoms with Crippen molar-refractivity contribution < 1.29 is 24.0 Å². The lowest BCUT2D eigenvalue weighted by molar-refractivity contribution is -0.885. The van der Waals surface area contributed by atoms with Crippen LogP contribution in [0.5, 0.6) is 11.5 Å². The number of thiophene rings is 1. The molecule has 0 saturated carbocycles. The van der Waals surface area contributed by atoms with Gasteiger partial charge in [-0.2, -0.15) is 0 Å². The van der Waals surface area contributed by atoms with Crippen molar-refractivity contribution in [2.24, 2.45) is 5.73 Å². The third kappa shape index (κ3) is 4.13. The fourth-order valence-electron chi connectivity index (χ4n) is 3.68. The number of nitrogens with two attached hydrogens (primary N) is 1. The summed E-state index contributed by atoms with van der Waals surface area (Å²) in [7, 11) is 5.13. The van der Waals surface area contributed by atoms with Gasteiger partial charge in [0.1, 0.15) is 11.5 Å². The molecular weight excluding hydrogens is 378 g/mol. The molecule has 2 aromatic rings. The molecule has 1 aliphatic rings. The Balaban J connectivity index is 1.67. The molecule has 1 aromatic heterocycles. The number of hydrogen-bond donors (Lipinski definition) is 3. The van der Waals surface area contributed by atoms with Crippen molar-refractivity contribution in [2.75, 3.05) is 33.1 Å². The zero-order valence-corrected chi connectivity index (χ0v) is 17.2. The zero-order valence-electron chi connectivity index (χ0n) is 16.4. The number of carbonyl (C=O) groups excluding carboxylic acids is 2. The standard InChI is InChI=1S/C20H25N3O4S/c1-23(10-12-6-4-8-14(26-2)18(12)27-3)11-16(24)22-20-17(19(21)25)13-7-5-9-15(13)28-20/h4,6,8H,5,7,9-11H2,1-3H3,(H2,21,25)(H,22,24)/p+1. The Labute approximate surface area is 168 Å². The number of likely N-dealkylation sites (N-methyl/N-ethyl adjacent to an activating group) is 1. The topological polar surface area (TPSA) is 95.1 Å². The number of amides is 2. The predicted octanol–water partition coefficient (Wildman–Crippen LogP) is 1.01. The van der Waals surface area contributed by atoms with Gasteiger partial charge >= 0.3 is 0 Å². The Hall–Kier alpha value is -2.58. The molecule has 1 unspecified atom stereocenters. The molecule has 4 N–H and O–H groups in total. The summed E-state index contributed by atoms with van der Waals surface area (Å²) in [5, 5.41) is 3.47. The Morgan fingerprint density at radius 2 is 2.04 bits per heavy atom. The van der Waals surface area contributed by atoms with E-state index in [4.69, 9.17) is 15.2 Å². The summed E-state index contributed by atoms with van der Waals surface area (Å²) in [5.74, 6) is 0.713. The van der Waals surface area contributed by atoms with Crippen LogP contribution in [0.4, 0.5) is 5.00 Å². The molecule has 0 fully saturated rings. The maximum absolute atomic E-state index is 12.6. The Kier molecular flexibility index (Phi) is 6.21. The molecule has 150 valence electrons. The molecule has 0 spiro atoms. The monoisotopic (exact) mass is 404 g/mol. The summed E-state index contributed by atoms with van der Waals surface area (Å²) in [6.45, 7) is 0.846. The third-order valence-electron chi connectivity index (χ3n) is 4.86. The number of aryl methyl sites for hydroxylation is 1. The SMILES string of the molecule is COc1cccc(C[NH+](C)CC(=O)Nc2sc3c(c2C(N)=O)CCC3)c1OC. The first kappa shape index (κ1) is 20.2. The van der Waals surface area contributed by atoms with Crippen molar-refractivity contribution in [1.82, 2.24) is 0 Å². The predicted molar refractivity (Wildman–Crippen MR) is 108 cm³/mol. The van der Waals surface area contributed by atoms with Crippen LogP contribution in [0, 0.1) is 0 Å². The summed E-state index contributed by atoms with van der Waals surface area (Å²) < 4.78 is 10.8. The van der Waals surface area contributed by atoms with E-state index >= 15 is 0 Å². The third-order valence-corrected chi connectivity index (χ3v) is 6.07. The highest BCUT2D eigenvalue weighted by atomic mass is 32.1. The second-order valence-electron chi connectivity index (χ2n) is 6.94. The van der Waals surface area contributed by atoms with Gasteiger partial charge in [-0.3, -0.25) is 9.59 Å². The smallest absolute Gasteiger partial charge is 0.280 e. The highest BCUT2D eigenvalue weighted by Gasteiger charge is 2.26. The van der Waals surface area contributed by atoms with E-state index in [1.807, 2.05) is 25.2 Å². The molecule has 1 aliphatic carbocycles. The average molecular weight is 405 g/mol. The van der Waals surface area contributed by atoms with Gasteiger partial charge in [-0.25, -0.2) is 0 Å². The van der Waals surface area contributed by atoms with E-state index in [0.29, 0.717) is 28.6 Å². The second kappa shape index (κ2) is 8.62. The van der Waals surface area contributed by atoms with Crippen LogP contribution in [-0.2, 0) is 24.2 Å². The van der Waals surface area contributed by atoms with E-state index in [1.54, 1.807) is 14.2 Å². The van der Waals surface area contributed by atoms with Crippen molar-refractivity contribution >= 4 is 28.2 Å². The van der Waals surface area contributed by atoms with Gasteiger partial charge in [0.05, 0.1) is 32.4 Å². The van der Waals surface area contributed by atoms with Crippen molar-refractivity contribution in [3.05, 3.63) is 39.8 Å². The largest absolute Gasteiger partial charge is 0.493 e. The van der Waals surface area contributed by atoms with E-state index in [1.165, 1.54) is 11.3 Å². The number of para-hydroxylation sites is 1. The molecule has 0 aliphatic heterocycles. The minimum atomic E-state index is -0.475. The lowest BCUT2D eigenvalue weighted by Gasteiger charge is -2.17. The van der Waals surface area contributed by atoms with Crippen molar-refractivity contribution in [2.45, 2.75) is 25.8 Å². The van der Waals surface area contributed by atoms with Gasteiger partial charge in [-0.1, -0.05) is 6.07 Å². The molecule has 3 rings (SSSR count). The number of nitrogens with one attached hydrogen (secondary N) is 2. The lowest BCUT2D eigenvalue weighted by Crippen LogP contribution is -3.08. The van der Waals surface area contributed by atoms with Crippen molar-refractivity contribution in [3.63, 3.8) is 0 Å². The number of carbonyl (C=O) groups is 2. The Bertz CT molecular complexity index is 894. The van der Waals surface area contributed by atoms with Crippen LogP contribution < -0.4 is 25.4 Å². The summed E-state index contributed by atoms with van der Waals surface area (Å²) >= 11 is 1.47. The van der Waals surface area contributed by atoms with Gasteiger partial charge in [-0.15, -0.1) is 11.3 Å². The van der Waals surface area contributed by atoms with Gasteiger partial charge < -0.3 is 25.4 Å². The van der Waals surface area contributed by atoms with Crippen molar-refractivity contribution in [1.29, 1.82) is 0 Å². The second-order valence-corrected chi connectivity index (χ2v) is 8.04. The van der Waals surface area contributed by atoms with Crippen LogP contribution >= 0.6 is 11.3 Å². The number of benzene rings is 1. The maximum Gasteiger partial charge on any atom is 0.280 e. The average Bonchev–Trinajstić information content (AvgIpc) is 3.21. The first-order valence-electron chi connectivity index (χ1n) is 9.20. The number of anilines is 1. The van der Waals surface area contributed by atoms with Crippen LogP contribution in [0.1, 0.15) is 32.8 Å². The normalized spacial score (nSPS) is 13.7. The molecular formula is C20H26N3O4S+.